The molecule has 25 heavy (non-hydrogen) atoms. The van der Waals surface area contributed by atoms with Crippen LogP contribution in [-0.2, 0) is 10.0 Å². The van der Waals surface area contributed by atoms with Gasteiger partial charge in [-0.15, -0.1) is 11.3 Å². The number of sulfonamides is 1. The van der Waals surface area contributed by atoms with Gasteiger partial charge in [0, 0.05) is 24.6 Å². The van der Waals surface area contributed by atoms with Crippen molar-refractivity contribution < 1.29 is 18.0 Å². The van der Waals surface area contributed by atoms with E-state index in [-0.39, 0.29) is 22.4 Å². The zero-order valence-corrected chi connectivity index (χ0v) is 15.5. The van der Waals surface area contributed by atoms with Crippen LogP contribution in [-0.4, -0.2) is 37.4 Å². The van der Waals surface area contributed by atoms with Crippen LogP contribution >= 0.6 is 11.3 Å². The quantitative estimate of drug-likeness (QED) is 0.750. The molecule has 7 heteroatoms. The zero-order chi connectivity index (χ0) is 18.0. The number of nitrogens with zero attached hydrogens (tertiary/aromatic N) is 1. The molecule has 3 rings (SSSR count). The molecule has 5 nitrogen and oxygen atoms in total. The fourth-order valence-electron chi connectivity index (χ4n) is 2.99. The first-order valence-electron chi connectivity index (χ1n) is 8.08. The maximum absolute atomic E-state index is 12.7. The molecule has 0 amide bonds. The minimum Gasteiger partial charge on any atom is -0.295 e. The lowest BCUT2D eigenvalue weighted by atomic mass is 9.93. The van der Waals surface area contributed by atoms with Crippen molar-refractivity contribution in [1.29, 1.82) is 0 Å². The Kier molecular flexibility index (Phi) is 5.17. The van der Waals surface area contributed by atoms with Gasteiger partial charge in [0.1, 0.15) is 0 Å². The lowest BCUT2D eigenvalue weighted by molar-refractivity contribution is 0.0879. The van der Waals surface area contributed by atoms with Crippen molar-refractivity contribution >= 4 is 32.9 Å². The van der Waals surface area contributed by atoms with Crippen LogP contribution in [0.1, 0.15) is 39.8 Å². The van der Waals surface area contributed by atoms with Gasteiger partial charge in [0.15, 0.2) is 11.6 Å². The molecule has 132 valence electrons. The molecule has 0 bridgehead atoms. The molecule has 0 aliphatic carbocycles. The number of hydrogen-bond donors (Lipinski definition) is 0. The van der Waals surface area contributed by atoms with E-state index in [1.165, 1.54) is 46.8 Å². The van der Waals surface area contributed by atoms with E-state index < -0.39 is 10.0 Å². The van der Waals surface area contributed by atoms with Gasteiger partial charge in [0.25, 0.3) is 0 Å². The molecule has 0 N–H and O–H groups in total. The van der Waals surface area contributed by atoms with Crippen LogP contribution in [0, 0.1) is 5.92 Å². The Bertz CT molecular complexity index is 862. The molecule has 1 aromatic heterocycles. The van der Waals surface area contributed by atoms with Crippen LogP contribution in [0.25, 0.3) is 0 Å². The average Bonchev–Trinajstić information content (AvgIpc) is 3.16. The molecule has 1 aliphatic heterocycles. The Labute approximate surface area is 151 Å². The molecule has 2 heterocycles. The summed E-state index contributed by atoms with van der Waals surface area (Å²) in [5.41, 5.74) is 0.485. The molecule has 1 saturated heterocycles. The highest BCUT2D eigenvalue weighted by atomic mass is 32.2. The number of carbonyl (C=O) groups is 2. The predicted octanol–water partition coefficient (Wildman–Crippen LogP) is 3.23. The third kappa shape index (κ3) is 3.73. The monoisotopic (exact) mass is 377 g/mol. The van der Waals surface area contributed by atoms with Gasteiger partial charge in [-0.3, -0.25) is 9.59 Å². The lowest BCUT2D eigenvalue weighted by Crippen LogP contribution is -2.40. The van der Waals surface area contributed by atoms with Crippen LogP contribution in [0.4, 0.5) is 0 Å². The van der Waals surface area contributed by atoms with Gasteiger partial charge in [0.05, 0.1) is 9.77 Å². The van der Waals surface area contributed by atoms with Crippen LogP contribution in [0.5, 0.6) is 0 Å². The van der Waals surface area contributed by atoms with E-state index in [0.717, 1.165) is 4.88 Å². The highest BCUT2D eigenvalue weighted by Gasteiger charge is 2.32. The maximum Gasteiger partial charge on any atom is 0.243 e. The van der Waals surface area contributed by atoms with E-state index >= 15 is 0 Å². The fourth-order valence-corrected chi connectivity index (χ4v) is 5.20. The second-order valence-corrected chi connectivity index (χ2v) is 8.99. The molecule has 0 saturated carbocycles. The van der Waals surface area contributed by atoms with Crippen LogP contribution < -0.4 is 0 Å². The van der Waals surface area contributed by atoms with E-state index in [4.69, 9.17) is 0 Å². The second-order valence-electron chi connectivity index (χ2n) is 6.10. The van der Waals surface area contributed by atoms with E-state index in [0.29, 0.717) is 31.5 Å². The van der Waals surface area contributed by atoms with Crippen LogP contribution in [0.2, 0.25) is 0 Å². The highest BCUT2D eigenvalue weighted by molar-refractivity contribution is 7.89. The van der Waals surface area contributed by atoms with E-state index in [1.54, 1.807) is 0 Å². The van der Waals surface area contributed by atoms with Crippen molar-refractivity contribution in [2.24, 2.45) is 5.92 Å². The van der Waals surface area contributed by atoms with E-state index in [2.05, 4.69) is 0 Å². The maximum atomic E-state index is 12.7. The predicted molar refractivity (Wildman–Crippen MR) is 96.6 cm³/mol. The minimum absolute atomic E-state index is 0.100. The summed E-state index contributed by atoms with van der Waals surface area (Å²) < 4.78 is 26.9. The van der Waals surface area contributed by atoms with Crippen LogP contribution in [0.15, 0.2) is 46.7 Å². The molecule has 1 aromatic carbocycles. The standard InChI is InChI=1S/C18H19NO4S2/c1-13(20)14-4-6-16(7-5-14)25(22,23)19-10-8-15(9-11-19)18(21)17-3-2-12-24-17/h2-7,12,15H,8-11H2,1H3. The number of hydrogen-bond acceptors (Lipinski definition) is 5. The first kappa shape index (κ1) is 18.0. The van der Waals surface area contributed by atoms with Gasteiger partial charge in [-0.25, -0.2) is 8.42 Å². The Morgan fingerprint density at radius 3 is 2.24 bits per heavy atom. The molecule has 1 aliphatic rings. The zero-order valence-electron chi connectivity index (χ0n) is 13.8. The number of thiophene rings is 1. The van der Waals surface area contributed by atoms with E-state index in [9.17, 15) is 18.0 Å². The largest absolute Gasteiger partial charge is 0.295 e. The summed E-state index contributed by atoms with van der Waals surface area (Å²) in [7, 11) is -3.59. The van der Waals surface area contributed by atoms with Crippen molar-refractivity contribution in [3.63, 3.8) is 0 Å². The van der Waals surface area contributed by atoms with Crippen molar-refractivity contribution in [3.05, 3.63) is 52.2 Å². The van der Waals surface area contributed by atoms with E-state index in [1.807, 2.05) is 17.5 Å². The molecule has 0 spiro atoms. The summed E-state index contributed by atoms with van der Waals surface area (Å²) in [6.07, 6.45) is 1.06. The fraction of sp³-hybridized carbons (Fsp3) is 0.333. The summed E-state index contributed by atoms with van der Waals surface area (Å²) in [6, 6.07) is 9.66. The van der Waals surface area contributed by atoms with Gasteiger partial charge in [0.2, 0.25) is 10.0 Å². The molecule has 2 aromatic rings. The number of ketones is 2. The van der Waals surface area contributed by atoms with Crippen molar-refractivity contribution in [2.75, 3.05) is 13.1 Å². The number of carbonyl (C=O) groups excluding carboxylic acids is 2. The van der Waals surface area contributed by atoms with Crippen molar-refractivity contribution in [3.8, 4) is 0 Å². The first-order chi connectivity index (χ1) is 11.9. The number of rotatable bonds is 5. The van der Waals surface area contributed by atoms with Gasteiger partial charge in [-0.05, 0) is 43.3 Å². The summed E-state index contributed by atoms with van der Waals surface area (Å²) in [5.74, 6) is -0.111. The number of piperidine rings is 1. The van der Waals surface area contributed by atoms with Crippen molar-refractivity contribution in [1.82, 2.24) is 4.31 Å². The number of benzene rings is 1. The molecule has 1 fully saturated rings. The summed E-state index contributed by atoms with van der Waals surface area (Å²) in [4.78, 5) is 24.6. The molecule has 0 radical (unpaired) electrons. The first-order valence-corrected chi connectivity index (χ1v) is 10.4. The highest BCUT2D eigenvalue weighted by Crippen LogP contribution is 2.27. The summed E-state index contributed by atoms with van der Waals surface area (Å²) >= 11 is 1.42. The second kappa shape index (κ2) is 7.19. The third-order valence-corrected chi connectivity index (χ3v) is 7.28. The topological polar surface area (TPSA) is 71.5 Å². The molecular weight excluding hydrogens is 358 g/mol. The van der Waals surface area contributed by atoms with Crippen LogP contribution in [0.3, 0.4) is 0 Å². The minimum atomic E-state index is -3.59. The number of Topliss-reactive ketones (excluding diaryl/α,β-unsaturated/α-hetero) is 2. The smallest absolute Gasteiger partial charge is 0.243 e. The SMILES string of the molecule is CC(=O)c1ccc(S(=O)(=O)N2CCC(C(=O)c3cccs3)CC2)cc1. The Morgan fingerprint density at radius 2 is 1.72 bits per heavy atom. The van der Waals surface area contributed by atoms with Gasteiger partial charge < -0.3 is 0 Å². The lowest BCUT2D eigenvalue weighted by Gasteiger charge is -2.30. The summed E-state index contributed by atoms with van der Waals surface area (Å²) in [6.45, 7) is 2.11. The Balaban J connectivity index is 1.69. The normalized spacial score (nSPS) is 16.7. The van der Waals surface area contributed by atoms with Gasteiger partial charge in [-0.2, -0.15) is 4.31 Å². The Hall–Kier alpha value is -1.83. The molecule has 0 unspecified atom stereocenters. The average molecular weight is 377 g/mol. The molecule has 0 atom stereocenters. The van der Waals surface area contributed by atoms with Crippen molar-refractivity contribution in [2.45, 2.75) is 24.7 Å². The Morgan fingerprint density at radius 1 is 1.08 bits per heavy atom. The third-order valence-electron chi connectivity index (χ3n) is 4.49. The van der Waals surface area contributed by atoms with Gasteiger partial charge in [-0.1, -0.05) is 18.2 Å². The van der Waals surface area contributed by atoms with Gasteiger partial charge >= 0.3 is 0 Å². The summed E-state index contributed by atoms with van der Waals surface area (Å²) in [5, 5.41) is 1.87. The molecular formula is C18H19NO4S2.